The monoisotopic (exact) mass is 503 g/mol. The maximum absolute atomic E-state index is 5.99. The Hall–Kier alpha value is -2.58. The summed E-state index contributed by atoms with van der Waals surface area (Å²) in [6.07, 6.45) is 0. The van der Waals surface area contributed by atoms with Gasteiger partial charge in [0, 0.05) is 5.69 Å². The number of nitrogens with zero attached hydrogens (tertiary/aromatic N) is 1. The van der Waals surface area contributed by atoms with Gasteiger partial charge in [-0.25, -0.2) is 4.99 Å². The van der Waals surface area contributed by atoms with Crippen molar-refractivity contribution in [3.05, 3.63) is 95.6 Å². The van der Waals surface area contributed by atoms with Crippen LogP contribution in [-0.4, -0.2) is 13.1 Å². The Morgan fingerprint density at radius 1 is 0.862 bits per heavy atom. The lowest BCUT2D eigenvalue weighted by Gasteiger charge is -2.08. The molecule has 0 bridgehead atoms. The van der Waals surface area contributed by atoms with Crippen molar-refractivity contribution in [2.75, 3.05) is 12.4 Å². The molecule has 0 aliphatic carbocycles. The zero-order valence-corrected chi connectivity index (χ0v) is 18.7. The highest BCUT2D eigenvalue weighted by atomic mass is 127. The molecule has 0 saturated carbocycles. The number of hydrogen-bond donors (Lipinski definition) is 2. The number of rotatable bonds is 8. The van der Waals surface area contributed by atoms with Crippen molar-refractivity contribution in [2.24, 2.45) is 10.7 Å². The third-order valence-electron chi connectivity index (χ3n) is 4.17. The van der Waals surface area contributed by atoms with E-state index in [0.717, 1.165) is 22.6 Å². The summed E-state index contributed by atoms with van der Waals surface area (Å²) >= 11 is 0. The maximum atomic E-state index is 5.99. The van der Waals surface area contributed by atoms with E-state index in [0.29, 0.717) is 25.7 Å². The first-order valence-corrected chi connectivity index (χ1v) is 9.13. The van der Waals surface area contributed by atoms with Crippen molar-refractivity contribution in [1.82, 2.24) is 0 Å². The Bertz CT molecular complexity index is 900. The van der Waals surface area contributed by atoms with E-state index in [1.165, 1.54) is 5.56 Å². The minimum atomic E-state index is 0. The van der Waals surface area contributed by atoms with Gasteiger partial charge in [-0.1, -0.05) is 54.6 Å². The summed E-state index contributed by atoms with van der Waals surface area (Å²) in [5.41, 5.74) is 10.2. The average Bonchev–Trinajstić information content (AvgIpc) is 2.74. The number of hydrogen-bond acceptors (Lipinski definition) is 3. The molecule has 0 aromatic heterocycles. The topological polar surface area (TPSA) is 68.9 Å². The molecule has 3 aromatic carbocycles. The Balaban J connectivity index is 0.00000300. The van der Waals surface area contributed by atoms with Crippen LogP contribution in [0.15, 0.2) is 83.9 Å². The molecule has 0 atom stereocenters. The van der Waals surface area contributed by atoms with E-state index in [1.807, 2.05) is 54.6 Å². The van der Waals surface area contributed by atoms with Gasteiger partial charge in [-0.15, -0.1) is 24.0 Å². The number of guanidine groups is 1. The van der Waals surface area contributed by atoms with Crippen LogP contribution in [0.2, 0.25) is 0 Å². The number of methoxy groups -OCH3 is 1. The number of anilines is 1. The summed E-state index contributed by atoms with van der Waals surface area (Å²) in [4.78, 5) is 4.41. The smallest absolute Gasteiger partial charge is 0.193 e. The van der Waals surface area contributed by atoms with Gasteiger partial charge in [0.1, 0.15) is 5.75 Å². The number of aliphatic imine (C=N–C) groups is 1. The van der Waals surface area contributed by atoms with Crippen LogP contribution in [-0.2, 0) is 24.5 Å². The summed E-state index contributed by atoms with van der Waals surface area (Å²) in [5, 5.41) is 3.08. The number of nitrogens with two attached hydrogens (primary N) is 1. The number of benzene rings is 3. The molecule has 3 aromatic rings. The Kier molecular flexibility index (Phi) is 9.46. The van der Waals surface area contributed by atoms with Crippen molar-refractivity contribution < 1.29 is 9.47 Å². The summed E-state index contributed by atoms with van der Waals surface area (Å²) < 4.78 is 10.9. The van der Waals surface area contributed by atoms with Gasteiger partial charge < -0.3 is 20.5 Å². The number of ether oxygens (including phenoxy) is 2. The van der Waals surface area contributed by atoms with E-state index in [4.69, 9.17) is 15.2 Å². The fourth-order valence-corrected chi connectivity index (χ4v) is 2.72. The lowest BCUT2D eigenvalue weighted by atomic mass is 10.1. The second kappa shape index (κ2) is 12.1. The van der Waals surface area contributed by atoms with E-state index in [-0.39, 0.29) is 24.0 Å². The van der Waals surface area contributed by atoms with Crippen LogP contribution in [0.1, 0.15) is 16.7 Å². The van der Waals surface area contributed by atoms with E-state index in [2.05, 4.69) is 34.6 Å². The normalized spacial score (nSPS) is 10.9. The molecule has 3 N–H and O–H groups in total. The van der Waals surface area contributed by atoms with Crippen LogP contribution < -0.4 is 15.8 Å². The quantitative estimate of drug-likeness (QED) is 0.259. The molecule has 0 amide bonds. The molecule has 0 fully saturated rings. The van der Waals surface area contributed by atoms with Crippen molar-refractivity contribution in [1.29, 1.82) is 0 Å². The van der Waals surface area contributed by atoms with Crippen molar-refractivity contribution in [3.63, 3.8) is 0 Å². The first-order chi connectivity index (χ1) is 13.7. The molecule has 0 spiro atoms. The Morgan fingerprint density at radius 3 is 2.24 bits per heavy atom. The van der Waals surface area contributed by atoms with Gasteiger partial charge in [0.25, 0.3) is 0 Å². The van der Waals surface area contributed by atoms with Gasteiger partial charge in [0.15, 0.2) is 5.96 Å². The van der Waals surface area contributed by atoms with Gasteiger partial charge in [0.2, 0.25) is 0 Å². The Labute approximate surface area is 189 Å². The molecule has 6 heteroatoms. The van der Waals surface area contributed by atoms with Crippen molar-refractivity contribution >= 4 is 35.6 Å². The highest BCUT2D eigenvalue weighted by molar-refractivity contribution is 14.0. The van der Waals surface area contributed by atoms with Crippen LogP contribution >= 0.6 is 24.0 Å². The van der Waals surface area contributed by atoms with Crippen LogP contribution in [0.25, 0.3) is 0 Å². The molecular weight excluding hydrogens is 477 g/mol. The minimum absolute atomic E-state index is 0. The largest absolute Gasteiger partial charge is 0.497 e. The van der Waals surface area contributed by atoms with Gasteiger partial charge in [0.05, 0.1) is 26.9 Å². The molecule has 0 unspecified atom stereocenters. The standard InChI is InChI=1S/C23H25N3O2.HI/c1-27-22-12-10-21(11-13-22)26-23(24)25-15-19-8-5-9-20(14-19)17-28-16-18-6-3-2-4-7-18;/h2-14H,15-17H2,1H3,(H3,24,25,26);1H. The van der Waals surface area contributed by atoms with Gasteiger partial charge in [-0.3, -0.25) is 0 Å². The molecule has 0 radical (unpaired) electrons. The Morgan fingerprint density at radius 2 is 1.52 bits per heavy atom. The first-order valence-electron chi connectivity index (χ1n) is 9.13. The third kappa shape index (κ3) is 7.75. The predicted molar refractivity (Wildman–Crippen MR) is 129 cm³/mol. The molecule has 0 heterocycles. The second-order valence-corrected chi connectivity index (χ2v) is 6.35. The van der Waals surface area contributed by atoms with Crippen LogP contribution in [0.3, 0.4) is 0 Å². The van der Waals surface area contributed by atoms with Gasteiger partial charge in [-0.2, -0.15) is 0 Å². The fourth-order valence-electron chi connectivity index (χ4n) is 2.72. The summed E-state index contributed by atoms with van der Waals surface area (Å²) in [6, 6.07) is 25.9. The zero-order valence-electron chi connectivity index (χ0n) is 16.4. The molecule has 29 heavy (non-hydrogen) atoms. The van der Waals surface area contributed by atoms with Crippen molar-refractivity contribution in [2.45, 2.75) is 19.8 Å². The van der Waals surface area contributed by atoms with E-state index in [9.17, 15) is 0 Å². The molecule has 0 aliphatic rings. The SMILES string of the molecule is COc1ccc(NC(N)=NCc2cccc(COCc3ccccc3)c2)cc1.I. The zero-order chi connectivity index (χ0) is 19.6. The highest BCUT2D eigenvalue weighted by Crippen LogP contribution is 2.15. The average molecular weight is 503 g/mol. The fraction of sp³-hybridized carbons (Fsp3) is 0.174. The van der Waals surface area contributed by atoms with Gasteiger partial charge in [-0.05, 0) is 41.0 Å². The summed E-state index contributed by atoms with van der Waals surface area (Å²) in [5.74, 6) is 1.17. The second-order valence-electron chi connectivity index (χ2n) is 6.35. The molecule has 3 rings (SSSR count). The van der Waals surface area contributed by atoms with E-state index >= 15 is 0 Å². The third-order valence-corrected chi connectivity index (χ3v) is 4.17. The lowest BCUT2D eigenvalue weighted by molar-refractivity contribution is 0.107. The molecule has 152 valence electrons. The first kappa shape index (κ1) is 22.7. The molecular formula is C23H26IN3O2. The predicted octanol–water partition coefficient (Wildman–Crippen LogP) is 4.96. The highest BCUT2D eigenvalue weighted by Gasteiger charge is 2.00. The molecule has 5 nitrogen and oxygen atoms in total. The van der Waals surface area contributed by atoms with Crippen LogP contribution in [0.4, 0.5) is 5.69 Å². The molecule has 0 saturated heterocycles. The lowest BCUT2D eigenvalue weighted by Crippen LogP contribution is -2.22. The van der Waals surface area contributed by atoms with E-state index in [1.54, 1.807) is 7.11 Å². The van der Waals surface area contributed by atoms with Crippen LogP contribution in [0, 0.1) is 0 Å². The van der Waals surface area contributed by atoms with Gasteiger partial charge >= 0.3 is 0 Å². The summed E-state index contributed by atoms with van der Waals surface area (Å²) in [7, 11) is 1.64. The summed E-state index contributed by atoms with van der Waals surface area (Å²) in [6.45, 7) is 1.66. The minimum Gasteiger partial charge on any atom is -0.497 e. The van der Waals surface area contributed by atoms with E-state index < -0.39 is 0 Å². The molecule has 0 aliphatic heterocycles. The maximum Gasteiger partial charge on any atom is 0.193 e. The number of nitrogens with one attached hydrogen (secondary N) is 1. The van der Waals surface area contributed by atoms with Crippen LogP contribution in [0.5, 0.6) is 5.75 Å². The number of halogens is 1. The van der Waals surface area contributed by atoms with Crippen molar-refractivity contribution in [3.8, 4) is 5.75 Å².